The summed E-state index contributed by atoms with van der Waals surface area (Å²) in [5.41, 5.74) is 5.52. The highest BCUT2D eigenvalue weighted by molar-refractivity contribution is 6.13. The van der Waals surface area contributed by atoms with Crippen LogP contribution in [0.5, 0.6) is 0 Å². The Bertz CT molecular complexity index is 3620. The van der Waals surface area contributed by atoms with Gasteiger partial charge in [-0.1, -0.05) is 139 Å². The Morgan fingerprint density at radius 3 is 1.60 bits per heavy atom. The lowest BCUT2D eigenvalue weighted by Gasteiger charge is -2.17. The Morgan fingerprint density at radius 1 is 0.340 bits per heavy atom. The van der Waals surface area contributed by atoms with Gasteiger partial charge in [-0.25, -0.2) is 0 Å². The highest BCUT2D eigenvalue weighted by Crippen LogP contribution is 2.43. The molecule has 0 saturated carbocycles. The van der Waals surface area contributed by atoms with Crippen molar-refractivity contribution in [2.75, 3.05) is 0 Å². The summed E-state index contributed by atoms with van der Waals surface area (Å²) in [6, 6.07) is 27.4. The number of rotatable bonds is 5. The van der Waals surface area contributed by atoms with Crippen LogP contribution in [0.3, 0.4) is 0 Å². The van der Waals surface area contributed by atoms with Crippen LogP contribution in [0.25, 0.3) is 88.4 Å². The fraction of sp³-hybridized carbons (Fsp3) is 0. The van der Waals surface area contributed by atoms with Crippen molar-refractivity contribution in [2.24, 2.45) is 0 Å². The SMILES string of the molecule is [2H]c1cc(-c2cccc(-c3c([2H])c([2H])c([2H])c([2H])c3[2H])c2-c2ccc3c(c2)c2ccccc2n3-c2ccc3c(c2)c2ccccc2n3-c2c([2H])c([2H])c([2H])c([2H])c2[2H])c([2H])c([2H])c1[2H]. The van der Waals surface area contributed by atoms with E-state index in [1.165, 1.54) is 6.07 Å². The van der Waals surface area contributed by atoms with Gasteiger partial charge in [0.15, 0.2) is 0 Å². The maximum absolute atomic E-state index is 8.95. The smallest absolute Gasteiger partial charge is 0.0645 e. The van der Waals surface area contributed by atoms with Crippen LogP contribution in [0.4, 0.5) is 0 Å². The van der Waals surface area contributed by atoms with Crippen molar-refractivity contribution < 1.29 is 19.2 Å². The highest BCUT2D eigenvalue weighted by atomic mass is 15.0. The average molecular weight is 651 g/mol. The van der Waals surface area contributed by atoms with Gasteiger partial charge in [-0.15, -0.1) is 0 Å². The molecule has 8 aromatic carbocycles. The van der Waals surface area contributed by atoms with Crippen LogP contribution in [0, 0.1) is 0 Å². The first kappa shape index (κ1) is 17.7. The van der Waals surface area contributed by atoms with Crippen molar-refractivity contribution in [3.8, 4) is 44.8 Å². The molecule has 0 amide bonds. The van der Waals surface area contributed by atoms with Gasteiger partial charge in [-0.2, -0.15) is 0 Å². The summed E-state index contributed by atoms with van der Waals surface area (Å²) in [5.74, 6) is 0. The second kappa shape index (κ2) is 11.5. The Kier molecular flexibility index (Phi) is 4.07. The summed E-state index contributed by atoms with van der Waals surface area (Å²) in [7, 11) is 0. The predicted octanol–water partition coefficient (Wildman–Crippen LogP) is 12.9. The summed E-state index contributed by atoms with van der Waals surface area (Å²) in [6.07, 6.45) is 0. The zero-order valence-electron chi connectivity index (χ0n) is 40.3. The number of para-hydroxylation sites is 3. The first-order valence-electron chi connectivity index (χ1n) is 23.0. The molecular formula is C48H32N2. The van der Waals surface area contributed by atoms with Crippen LogP contribution in [-0.2, 0) is 0 Å². The molecule has 2 aromatic heterocycles. The lowest BCUT2D eigenvalue weighted by atomic mass is 9.87. The first-order chi connectivity index (χ1) is 30.6. The van der Waals surface area contributed by atoms with E-state index < -0.39 is 60.4 Å². The van der Waals surface area contributed by atoms with Crippen molar-refractivity contribution in [1.82, 2.24) is 9.13 Å². The van der Waals surface area contributed by atoms with Crippen LogP contribution in [0.1, 0.15) is 19.2 Å². The summed E-state index contributed by atoms with van der Waals surface area (Å²) >= 11 is 0. The molecular weight excluding hydrogens is 605 g/mol. The molecule has 0 aliphatic heterocycles. The van der Waals surface area contributed by atoms with Crippen molar-refractivity contribution >= 4 is 43.6 Å². The maximum atomic E-state index is 8.95. The van der Waals surface area contributed by atoms with Crippen LogP contribution in [-0.4, -0.2) is 9.13 Å². The molecule has 0 aliphatic carbocycles. The van der Waals surface area contributed by atoms with E-state index in [9.17, 15) is 0 Å². The summed E-state index contributed by atoms with van der Waals surface area (Å²) in [4.78, 5) is 0. The van der Waals surface area contributed by atoms with Crippen LogP contribution in [0.15, 0.2) is 194 Å². The Balaban J connectivity index is 1.25. The molecule has 50 heavy (non-hydrogen) atoms. The Hall–Kier alpha value is -6.64. The van der Waals surface area contributed by atoms with Gasteiger partial charge in [0.25, 0.3) is 0 Å². The number of fused-ring (bicyclic) bond motifs is 6. The van der Waals surface area contributed by atoms with Gasteiger partial charge in [0.05, 0.1) is 41.3 Å². The topological polar surface area (TPSA) is 9.86 Å². The zero-order valence-corrected chi connectivity index (χ0v) is 26.3. The van der Waals surface area contributed by atoms with Gasteiger partial charge in [-0.3, -0.25) is 0 Å². The molecule has 10 rings (SSSR count). The van der Waals surface area contributed by atoms with E-state index in [0.29, 0.717) is 27.7 Å². The third-order valence-electron chi connectivity index (χ3n) is 9.26. The molecule has 0 bridgehead atoms. The van der Waals surface area contributed by atoms with Crippen LogP contribution in [0.2, 0.25) is 0 Å². The minimum absolute atomic E-state index is 0.0451. The Morgan fingerprint density at radius 2 is 0.880 bits per heavy atom. The maximum Gasteiger partial charge on any atom is 0.0645 e. The normalized spacial score (nSPS) is 15.5. The minimum atomic E-state index is -0.542. The minimum Gasteiger partial charge on any atom is -0.309 e. The second-order valence-corrected chi connectivity index (χ2v) is 11.9. The number of hydrogen-bond donors (Lipinski definition) is 0. The lowest BCUT2D eigenvalue weighted by Crippen LogP contribution is -1.95. The largest absolute Gasteiger partial charge is 0.309 e. The van der Waals surface area contributed by atoms with Gasteiger partial charge in [0.1, 0.15) is 0 Å². The van der Waals surface area contributed by atoms with Crippen molar-refractivity contribution in [3.63, 3.8) is 0 Å². The van der Waals surface area contributed by atoms with Crippen molar-refractivity contribution in [1.29, 1.82) is 0 Å². The van der Waals surface area contributed by atoms with Crippen molar-refractivity contribution in [3.05, 3.63) is 194 Å². The fourth-order valence-electron chi connectivity index (χ4n) is 7.21. The van der Waals surface area contributed by atoms with E-state index >= 15 is 0 Å². The van der Waals surface area contributed by atoms with Gasteiger partial charge >= 0.3 is 0 Å². The molecule has 0 aliphatic rings. The number of benzene rings is 8. The molecule has 0 fully saturated rings. The van der Waals surface area contributed by atoms with E-state index in [1.807, 2.05) is 84.9 Å². The standard InChI is InChI=1S/C48H32N2/c1-4-15-33(16-5-1)38-23-14-24-39(34-17-6-2-7-18-34)48(38)35-27-29-46-42(31-35)40-21-10-13-26-45(40)50(46)37-28-30-47-43(32-37)41-22-11-12-25-44(41)49(47)36-19-8-3-9-20-36/h1-32H/i1D,2D,3D,4D,5D,6D,7D,8D,9D,15D,16D,17D,19D,20D. The average Bonchev–Trinajstić information content (AvgIpc) is 3.81. The summed E-state index contributed by atoms with van der Waals surface area (Å²) in [6.45, 7) is 0. The molecule has 0 saturated heterocycles. The molecule has 2 heteroatoms. The molecule has 0 spiro atoms. The van der Waals surface area contributed by atoms with Gasteiger partial charge in [-0.05, 0) is 87.9 Å². The number of nitrogens with zero attached hydrogens (tertiary/aromatic N) is 2. The van der Waals surface area contributed by atoms with Gasteiger partial charge < -0.3 is 9.13 Å². The lowest BCUT2D eigenvalue weighted by molar-refractivity contribution is 1.17. The fourth-order valence-corrected chi connectivity index (χ4v) is 7.21. The number of hydrogen-bond acceptors (Lipinski definition) is 0. The summed E-state index contributed by atoms with van der Waals surface area (Å²) in [5, 5.41) is 3.26. The predicted molar refractivity (Wildman–Crippen MR) is 211 cm³/mol. The second-order valence-electron chi connectivity index (χ2n) is 11.9. The molecule has 0 N–H and O–H groups in total. The molecule has 2 nitrogen and oxygen atoms in total. The van der Waals surface area contributed by atoms with Gasteiger partial charge in [0, 0.05) is 32.9 Å². The van der Waals surface area contributed by atoms with Crippen LogP contribution < -0.4 is 0 Å². The first-order valence-corrected chi connectivity index (χ1v) is 16.0. The monoisotopic (exact) mass is 650 g/mol. The zero-order chi connectivity index (χ0) is 45.2. The van der Waals surface area contributed by atoms with E-state index in [2.05, 4.69) is 4.57 Å². The van der Waals surface area contributed by atoms with E-state index in [-0.39, 0.29) is 46.5 Å². The molecule has 0 radical (unpaired) electrons. The van der Waals surface area contributed by atoms with Crippen LogP contribution >= 0.6 is 0 Å². The third kappa shape index (κ3) is 4.43. The van der Waals surface area contributed by atoms with E-state index in [4.69, 9.17) is 19.2 Å². The van der Waals surface area contributed by atoms with E-state index in [0.717, 1.165) is 38.3 Å². The van der Waals surface area contributed by atoms with Gasteiger partial charge in [0.2, 0.25) is 0 Å². The van der Waals surface area contributed by atoms with Crippen molar-refractivity contribution in [2.45, 2.75) is 0 Å². The molecule has 2 heterocycles. The highest BCUT2D eigenvalue weighted by Gasteiger charge is 2.19. The van der Waals surface area contributed by atoms with E-state index in [1.54, 1.807) is 22.8 Å². The number of aromatic nitrogens is 2. The summed E-state index contributed by atoms with van der Waals surface area (Å²) < 4.78 is 124. The quantitative estimate of drug-likeness (QED) is 0.175. The molecule has 234 valence electrons. The molecule has 0 unspecified atom stereocenters. The third-order valence-corrected chi connectivity index (χ3v) is 9.26. The Labute approximate surface area is 310 Å². The molecule has 0 atom stereocenters. The molecule has 10 aromatic rings.